The Morgan fingerprint density at radius 3 is 2.97 bits per heavy atom. The molecule has 3 N–H and O–H groups in total. The van der Waals surface area contributed by atoms with Crippen LogP contribution in [0.5, 0.6) is 5.75 Å². The molecule has 0 aliphatic carbocycles. The van der Waals surface area contributed by atoms with Gasteiger partial charge in [0.05, 0.1) is 24.0 Å². The Hall–Kier alpha value is -1.95. The number of rotatable bonds is 8. The second kappa shape index (κ2) is 8.82. The third kappa shape index (κ3) is 4.32. The van der Waals surface area contributed by atoms with Gasteiger partial charge in [0, 0.05) is 18.0 Å². The van der Waals surface area contributed by atoms with Crippen LogP contribution in [0.25, 0.3) is 0 Å². The maximum Gasteiger partial charge on any atom is 0.188 e. The van der Waals surface area contributed by atoms with Crippen LogP contribution in [0, 0.1) is 6.92 Å². The summed E-state index contributed by atoms with van der Waals surface area (Å²) in [5.74, 6) is 2.74. The summed E-state index contributed by atoms with van der Waals surface area (Å²) in [7, 11) is -1.36. The molecule has 2 unspecified atom stereocenters. The summed E-state index contributed by atoms with van der Waals surface area (Å²) < 4.78 is 29.5. The van der Waals surface area contributed by atoms with E-state index in [9.17, 15) is 9.32 Å². The van der Waals surface area contributed by atoms with E-state index in [1.807, 2.05) is 23.4 Å². The number of nitrogens with one attached hydrogen (secondary N) is 2. The van der Waals surface area contributed by atoms with E-state index in [4.69, 9.17) is 4.42 Å². The van der Waals surface area contributed by atoms with Crippen LogP contribution in [0.3, 0.4) is 0 Å². The highest BCUT2D eigenvalue weighted by Gasteiger charge is 2.31. The lowest BCUT2D eigenvalue weighted by Crippen LogP contribution is -2.30. The molecule has 0 amide bonds. The number of nitrogens with zero attached hydrogens (tertiary/aromatic N) is 3. The predicted molar refractivity (Wildman–Crippen MR) is 116 cm³/mol. The van der Waals surface area contributed by atoms with Crippen molar-refractivity contribution in [2.24, 2.45) is 0 Å². The molecule has 0 saturated carbocycles. The summed E-state index contributed by atoms with van der Waals surface area (Å²) in [4.78, 5) is 0. The van der Waals surface area contributed by atoms with E-state index in [0.717, 1.165) is 49.1 Å². The number of hydrogen-bond donors (Lipinski definition) is 3. The molecule has 11 heteroatoms. The fourth-order valence-electron chi connectivity index (χ4n) is 3.35. The number of thiophene rings is 1. The van der Waals surface area contributed by atoms with E-state index < -0.39 is 11.0 Å². The van der Waals surface area contributed by atoms with Crippen molar-refractivity contribution in [2.75, 3.05) is 17.2 Å². The van der Waals surface area contributed by atoms with Crippen molar-refractivity contribution in [1.29, 1.82) is 0 Å². The highest BCUT2D eigenvalue weighted by atomic mass is 32.2. The predicted octanol–water partition coefficient (Wildman–Crippen LogP) is 4.46. The molecule has 0 aromatic carbocycles. The van der Waals surface area contributed by atoms with Crippen molar-refractivity contribution in [3.63, 3.8) is 0 Å². The first kappa shape index (κ1) is 20.3. The van der Waals surface area contributed by atoms with E-state index in [1.165, 1.54) is 11.3 Å². The third-order valence-electron chi connectivity index (χ3n) is 4.87. The molecular weight excluding hydrogens is 430 g/mol. The van der Waals surface area contributed by atoms with E-state index >= 15 is 0 Å². The first-order valence-corrected chi connectivity index (χ1v) is 12.2. The van der Waals surface area contributed by atoms with E-state index in [2.05, 4.69) is 26.3 Å². The lowest BCUT2D eigenvalue weighted by atomic mass is 10.2. The number of furan rings is 1. The van der Waals surface area contributed by atoms with Gasteiger partial charge in [-0.25, -0.2) is 8.51 Å². The van der Waals surface area contributed by atoms with E-state index in [-0.39, 0.29) is 5.75 Å². The normalized spacial score (nSPS) is 18.2. The fourth-order valence-corrected chi connectivity index (χ4v) is 6.53. The Bertz CT molecular complexity index is 999. The molecule has 156 valence electrons. The van der Waals surface area contributed by atoms with Gasteiger partial charge in [-0.2, -0.15) is 8.75 Å². The van der Waals surface area contributed by atoms with Crippen LogP contribution in [0.2, 0.25) is 0 Å². The second-order valence-electron chi connectivity index (χ2n) is 6.83. The quantitative estimate of drug-likeness (QED) is 0.463. The number of anilines is 3. The first-order valence-electron chi connectivity index (χ1n) is 9.44. The van der Waals surface area contributed by atoms with Gasteiger partial charge in [-0.05, 0) is 38.3 Å². The van der Waals surface area contributed by atoms with Gasteiger partial charge in [-0.15, -0.1) is 11.3 Å². The molecule has 1 aliphatic rings. The summed E-state index contributed by atoms with van der Waals surface area (Å²) in [6, 6.07) is 4.12. The van der Waals surface area contributed by atoms with Crippen LogP contribution in [0.1, 0.15) is 37.7 Å². The molecule has 2 atom stereocenters. The molecule has 3 aromatic heterocycles. The van der Waals surface area contributed by atoms with Gasteiger partial charge >= 0.3 is 0 Å². The van der Waals surface area contributed by atoms with E-state index in [1.54, 1.807) is 5.38 Å². The Morgan fingerprint density at radius 1 is 1.38 bits per heavy atom. The van der Waals surface area contributed by atoms with Crippen LogP contribution in [-0.2, 0) is 17.5 Å². The number of aromatic nitrogens is 2. The number of hydrogen-bond acceptors (Lipinski definition) is 9. The molecule has 1 saturated heterocycles. The molecule has 0 bridgehead atoms. The minimum atomic E-state index is -1.36. The van der Waals surface area contributed by atoms with Crippen molar-refractivity contribution < 1.29 is 13.7 Å². The van der Waals surface area contributed by atoms with Gasteiger partial charge in [0.1, 0.15) is 22.5 Å². The van der Waals surface area contributed by atoms with Crippen molar-refractivity contribution >= 4 is 51.4 Å². The molecule has 4 heterocycles. The van der Waals surface area contributed by atoms with Gasteiger partial charge in [0.25, 0.3) is 0 Å². The van der Waals surface area contributed by atoms with Crippen LogP contribution in [0.4, 0.5) is 17.3 Å². The van der Waals surface area contributed by atoms with Crippen LogP contribution in [-0.4, -0.2) is 35.0 Å². The number of aryl methyl sites for hydroxylation is 1. The highest BCUT2D eigenvalue weighted by molar-refractivity contribution is 7.85. The summed E-state index contributed by atoms with van der Waals surface area (Å²) >= 11 is 2.36. The van der Waals surface area contributed by atoms with Gasteiger partial charge in [0.2, 0.25) is 0 Å². The average molecular weight is 454 g/mol. The number of aromatic hydroxyl groups is 1. The molecular formula is C18H23N5O3S3. The summed E-state index contributed by atoms with van der Waals surface area (Å²) in [6.07, 6.45) is 3.04. The summed E-state index contributed by atoms with van der Waals surface area (Å²) in [5.41, 5.74) is 0.482. The minimum Gasteiger partial charge on any atom is -0.504 e. The van der Waals surface area contributed by atoms with E-state index in [0.29, 0.717) is 34.1 Å². The maximum absolute atomic E-state index is 13.0. The standard InChI is InChI=1S/C18H23N5O3S3/c1-3-12-5-4-8-23(12)29(25)18-15(24)14(10-27-18)20-17-16(21-28-22-17)19-9-13-7-6-11(2)26-13/h6-7,10,12,24H,3-5,8-9H2,1-2H3,(H,19,21)(H,20,22). The molecule has 3 aromatic rings. The third-order valence-corrected chi connectivity index (χ3v) is 8.29. The average Bonchev–Trinajstić information content (AvgIpc) is 3.49. The zero-order valence-electron chi connectivity index (χ0n) is 16.2. The second-order valence-corrected chi connectivity index (χ2v) is 9.87. The van der Waals surface area contributed by atoms with Crippen LogP contribution < -0.4 is 10.6 Å². The monoisotopic (exact) mass is 453 g/mol. The van der Waals surface area contributed by atoms with Crippen LogP contribution >= 0.6 is 23.1 Å². The van der Waals surface area contributed by atoms with Gasteiger partial charge in [0.15, 0.2) is 21.6 Å². The fraction of sp³-hybridized carbons (Fsp3) is 0.444. The maximum atomic E-state index is 13.0. The SMILES string of the molecule is CCC1CCCN1S(=O)c1scc(Nc2nsnc2NCc2ccc(C)o2)c1O. The van der Waals surface area contributed by atoms with Crippen molar-refractivity contribution in [1.82, 2.24) is 13.1 Å². The summed E-state index contributed by atoms with van der Waals surface area (Å²) in [5, 5.41) is 18.7. The van der Waals surface area contributed by atoms with Crippen molar-refractivity contribution in [3.8, 4) is 5.75 Å². The van der Waals surface area contributed by atoms with Crippen molar-refractivity contribution in [3.05, 3.63) is 29.0 Å². The highest BCUT2D eigenvalue weighted by Crippen LogP contribution is 2.41. The summed E-state index contributed by atoms with van der Waals surface area (Å²) in [6.45, 7) is 5.27. The molecule has 8 nitrogen and oxygen atoms in total. The molecule has 1 fully saturated rings. The Balaban J connectivity index is 1.46. The van der Waals surface area contributed by atoms with Crippen LogP contribution in [0.15, 0.2) is 26.1 Å². The molecule has 0 radical (unpaired) electrons. The Labute approximate surface area is 179 Å². The first-order chi connectivity index (χ1) is 14.1. The molecule has 4 rings (SSSR count). The Morgan fingerprint density at radius 2 is 2.21 bits per heavy atom. The zero-order chi connectivity index (χ0) is 20.4. The molecule has 1 aliphatic heterocycles. The smallest absolute Gasteiger partial charge is 0.188 e. The van der Waals surface area contributed by atoms with Crippen molar-refractivity contribution in [2.45, 2.75) is 49.9 Å². The minimum absolute atomic E-state index is 0.00990. The Kier molecular flexibility index (Phi) is 6.18. The lowest BCUT2D eigenvalue weighted by Gasteiger charge is -2.21. The largest absolute Gasteiger partial charge is 0.504 e. The van der Waals surface area contributed by atoms with Gasteiger partial charge in [-0.1, -0.05) is 6.92 Å². The molecule has 0 spiro atoms. The van der Waals surface area contributed by atoms with Gasteiger partial charge in [-0.3, -0.25) is 0 Å². The lowest BCUT2D eigenvalue weighted by molar-refractivity contribution is 0.403. The topological polar surface area (TPSA) is 104 Å². The molecule has 29 heavy (non-hydrogen) atoms. The van der Waals surface area contributed by atoms with Gasteiger partial charge < -0.3 is 20.2 Å². The zero-order valence-corrected chi connectivity index (χ0v) is 18.6.